The number of nitrogens with one attached hydrogen (secondary N) is 1. The third-order valence-corrected chi connectivity index (χ3v) is 5.06. The molecule has 4 nitrogen and oxygen atoms in total. The van der Waals surface area contributed by atoms with Crippen LogP contribution in [0.2, 0.25) is 0 Å². The van der Waals surface area contributed by atoms with Crippen LogP contribution in [0.3, 0.4) is 0 Å². The predicted molar refractivity (Wildman–Crippen MR) is 118 cm³/mol. The molecule has 4 rings (SSSR count). The standard InChI is InChI=1S/C26H22N2O2/c29-25(22-9-5-2-6-10-22)24(21-7-3-1-4-8-21)28-26(30)23-13-11-19(12-14-23)20-15-17-27-18-16-20/h1-18,24-25,29H,(H,28,30)/t24?,25-/m0/s1. The Morgan fingerprint density at radius 3 is 1.83 bits per heavy atom. The fourth-order valence-electron chi connectivity index (χ4n) is 3.43. The van der Waals surface area contributed by atoms with E-state index in [9.17, 15) is 9.90 Å². The fraction of sp³-hybridized carbons (Fsp3) is 0.0769. The van der Waals surface area contributed by atoms with Crippen LogP contribution >= 0.6 is 0 Å². The van der Waals surface area contributed by atoms with Gasteiger partial charge in [0, 0.05) is 18.0 Å². The largest absolute Gasteiger partial charge is 0.386 e. The fourth-order valence-corrected chi connectivity index (χ4v) is 3.43. The van der Waals surface area contributed by atoms with Crippen LogP contribution in [-0.2, 0) is 0 Å². The van der Waals surface area contributed by atoms with Gasteiger partial charge in [-0.15, -0.1) is 0 Å². The van der Waals surface area contributed by atoms with Crippen LogP contribution in [0.15, 0.2) is 109 Å². The normalized spacial score (nSPS) is 12.7. The second kappa shape index (κ2) is 9.16. The molecule has 0 radical (unpaired) electrons. The van der Waals surface area contributed by atoms with Crippen molar-refractivity contribution in [2.45, 2.75) is 12.1 Å². The van der Waals surface area contributed by atoms with Crippen molar-refractivity contribution in [1.82, 2.24) is 10.3 Å². The summed E-state index contributed by atoms with van der Waals surface area (Å²) in [7, 11) is 0. The Morgan fingerprint density at radius 2 is 1.23 bits per heavy atom. The Labute approximate surface area is 175 Å². The minimum atomic E-state index is -0.867. The summed E-state index contributed by atoms with van der Waals surface area (Å²) < 4.78 is 0. The van der Waals surface area contributed by atoms with E-state index in [-0.39, 0.29) is 5.91 Å². The first-order valence-electron chi connectivity index (χ1n) is 9.81. The van der Waals surface area contributed by atoms with Gasteiger partial charge in [-0.25, -0.2) is 0 Å². The molecule has 2 atom stereocenters. The second-order valence-corrected chi connectivity index (χ2v) is 7.03. The van der Waals surface area contributed by atoms with E-state index in [1.165, 1.54) is 0 Å². The maximum atomic E-state index is 13.0. The van der Waals surface area contributed by atoms with Crippen molar-refractivity contribution in [3.05, 3.63) is 126 Å². The highest BCUT2D eigenvalue weighted by Crippen LogP contribution is 2.29. The smallest absolute Gasteiger partial charge is 0.251 e. The quantitative estimate of drug-likeness (QED) is 0.486. The van der Waals surface area contributed by atoms with Crippen LogP contribution in [0.5, 0.6) is 0 Å². The van der Waals surface area contributed by atoms with Crippen LogP contribution in [-0.4, -0.2) is 16.0 Å². The van der Waals surface area contributed by atoms with Gasteiger partial charge in [-0.05, 0) is 46.5 Å². The number of hydrogen-bond acceptors (Lipinski definition) is 3. The molecule has 0 spiro atoms. The Hall–Kier alpha value is -3.76. The Balaban J connectivity index is 1.57. The van der Waals surface area contributed by atoms with Crippen molar-refractivity contribution >= 4 is 5.91 Å². The van der Waals surface area contributed by atoms with Crippen molar-refractivity contribution in [1.29, 1.82) is 0 Å². The summed E-state index contributed by atoms with van der Waals surface area (Å²) in [6.07, 6.45) is 2.62. The van der Waals surface area contributed by atoms with Crippen molar-refractivity contribution in [3.63, 3.8) is 0 Å². The minimum Gasteiger partial charge on any atom is -0.386 e. The lowest BCUT2D eigenvalue weighted by Gasteiger charge is -2.25. The van der Waals surface area contributed by atoms with Gasteiger partial charge < -0.3 is 10.4 Å². The van der Waals surface area contributed by atoms with E-state index in [0.717, 1.165) is 22.3 Å². The summed E-state index contributed by atoms with van der Waals surface area (Å²) in [5.41, 5.74) is 4.18. The van der Waals surface area contributed by atoms with Crippen LogP contribution in [0.25, 0.3) is 11.1 Å². The van der Waals surface area contributed by atoms with Gasteiger partial charge in [0.05, 0.1) is 6.04 Å². The van der Waals surface area contributed by atoms with Gasteiger partial charge in [0.2, 0.25) is 0 Å². The molecule has 1 aromatic heterocycles. The van der Waals surface area contributed by atoms with Crippen LogP contribution in [0.4, 0.5) is 0 Å². The number of hydrogen-bond donors (Lipinski definition) is 2. The number of rotatable bonds is 6. The molecule has 30 heavy (non-hydrogen) atoms. The summed E-state index contributed by atoms with van der Waals surface area (Å²) >= 11 is 0. The van der Waals surface area contributed by atoms with E-state index in [0.29, 0.717) is 5.56 Å². The maximum Gasteiger partial charge on any atom is 0.251 e. The van der Waals surface area contributed by atoms with Gasteiger partial charge in [0.15, 0.2) is 0 Å². The number of aliphatic hydroxyl groups is 1. The Bertz CT molecular complexity index is 1080. The second-order valence-electron chi connectivity index (χ2n) is 7.03. The van der Waals surface area contributed by atoms with Gasteiger partial charge in [-0.3, -0.25) is 9.78 Å². The van der Waals surface area contributed by atoms with Gasteiger partial charge in [-0.2, -0.15) is 0 Å². The Morgan fingerprint density at radius 1 is 0.700 bits per heavy atom. The van der Waals surface area contributed by atoms with Crippen LogP contribution in [0, 0.1) is 0 Å². The van der Waals surface area contributed by atoms with Crippen molar-refractivity contribution < 1.29 is 9.90 Å². The lowest BCUT2D eigenvalue weighted by molar-refractivity contribution is 0.0831. The molecule has 0 aliphatic heterocycles. The third kappa shape index (κ3) is 4.45. The zero-order valence-electron chi connectivity index (χ0n) is 16.3. The molecule has 1 amide bonds. The molecule has 0 aliphatic carbocycles. The SMILES string of the molecule is O=C(NC(c1ccccc1)[C@@H](O)c1ccccc1)c1ccc(-c2ccncc2)cc1. The molecule has 3 aromatic carbocycles. The molecule has 0 aliphatic rings. The molecule has 4 aromatic rings. The maximum absolute atomic E-state index is 13.0. The highest BCUT2D eigenvalue weighted by Gasteiger charge is 2.25. The Kier molecular flexibility index (Phi) is 5.97. The lowest BCUT2D eigenvalue weighted by Crippen LogP contribution is -2.32. The van der Waals surface area contributed by atoms with E-state index in [1.54, 1.807) is 24.5 Å². The molecular formula is C26H22N2O2. The van der Waals surface area contributed by atoms with Crippen molar-refractivity contribution in [2.75, 3.05) is 0 Å². The average Bonchev–Trinajstić information content (AvgIpc) is 2.84. The molecule has 1 unspecified atom stereocenters. The van der Waals surface area contributed by atoms with E-state index < -0.39 is 12.1 Å². The monoisotopic (exact) mass is 394 g/mol. The van der Waals surface area contributed by atoms with E-state index in [2.05, 4.69) is 10.3 Å². The molecular weight excluding hydrogens is 372 g/mol. The van der Waals surface area contributed by atoms with E-state index in [1.807, 2.05) is 84.9 Å². The molecule has 0 saturated carbocycles. The van der Waals surface area contributed by atoms with Crippen LogP contribution in [0.1, 0.15) is 33.6 Å². The molecule has 2 N–H and O–H groups in total. The minimum absolute atomic E-state index is 0.236. The lowest BCUT2D eigenvalue weighted by atomic mass is 9.95. The summed E-state index contributed by atoms with van der Waals surface area (Å²) in [5, 5.41) is 14.0. The number of carbonyl (C=O) groups is 1. The number of amides is 1. The van der Waals surface area contributed by atoms with Gasteiger partial charge in [0.1, 0.15) is 6.10 Å². The number of benzene rings is 3. The first-order valence-corrected chi connectivity index (χ1v) is 9.81. The highest BCUT2D eigenvalue weighted by molar-refractivity contribution is 5.95. The third-order valence-electron chi connectivity index (χ3n) is 5.06. The molecule has 1 heterocycles. The summed E-state index contributed by atoms with van der Waals surface area (Å²) in [6, 6.07) is 29.6. The van der Waals surface area contributed by atoms with Crippen molar-refractivity contribution in [2.24, 2.45) is 0 Å². The summed E-state index contributed by atoms with van der Waals surface area (Å²) in [4.78, 5) is 17.0. The van der Waals surface area contributed by atoms with Crippen molar-refractivity contribution in [3.8, 4) is 11.1 Å². The number of pyridine rings is 1. The highest BCUT2D eigenvalue weighted by atomic mass is 16.3. The van der Waals surface area contributed by atoms with Crippen LogP contribution < -0.4 is 5.32 Å². The van der Waals surface area contributed by atoms with E-state index >= 15 is 0 Å². The molecule has 148 valence electrons. The van der Waals surface area contributed by atoms with Gasteiger partial charge in [0.25, 0.3) is 5.91 Å². The molecule has 0 saturated heterocycles. The topological polar surface area (TPSA) is 62.2 Å². The summed E-state index contributed by atoms with van der Waals surface area (Å²) in [5.74, 6) is -0.236. The summed E-state index contributed by atoms with van der Waals surface area (Å²) in [6.45, 7) is 0. The molecule has 0 fully saturated rings. The van der Waals surface area contributed by atoms with E-state index in [4.69, 9.17) is 0 Å². The molecule has 4 heteroatoms. The van der Waals surface area contributed by atoms with Gasteiger partial charge >= 0.3 is 0 Å². The predicted octanol–water partition coefficient (Wildman–Crippen LogP) is 4.95. The number of carbonyl (C=O) groups excluding carboxylic acids is 1. The first-order chi connectivity index (χ1) is 14.7. The number of aliphatic hydroxyl groups excluding tert-OH is 1. The zero-order valence-corrected chi connectivity index (χ0v) is 16.3. The number of aromatic nitrogens is 1. The average molecular weight is 394 g/mol. The van der Waals surface area contributed by atoms with Gasteiger partial charge in [-0.1, -0.05) is 72.8 Å². The number of nitrogens with zero attached hydrogens (tertiary/aromatic N) is 1. The first kappa shape index (κ1) is 19.6. The zero-order chi connectivity index (χ0) is 20.8. The molecule has 0 bridgehead atoms.